The zero-order chi connectivity index (χ0) is 21.3. The SMILES string of the molecule is CC(C)c1c(C(=O)N(C)CC(C)(C)CN)cnn1-c1ccc(C(F)(F)F)cn1. The summed E-state index contributed by atoms with van der Waals surface area (Å²) in [4.78, 5) is 18.4. The number of nitrogens with two attached hydrogens (primary N) is 1. The molecule has 6 nitrogen and oxygen atoms in total. The van der Waals surface area contributed by atoms with Gasteiger partial charge >= 0.3 is 6.18 Å². The second kappa shape index (κ2) is 7.90. The molecule has 2 aromatic heterocycles. The zero-order valence-electron chi connectivity index (χ0n) is 16.7. The van der Waals surface area contributed by atoms with Crippen molar-refractivity contribution >= 4 is 5.91 Å². The molecule has 0 radical (unpaired) electrons. The van der Waals surface area contributed by atoms with Crippen molar-refractivity contribution in [3.8, 4) is 5.82 Å². The monoisotopic (exact) mass is 397 g/mol. The highest BCUT2D eigenvalue weighted by Gasteiger charge is 2.31. The Morgan fingerprint density at radius 2 is 1.89 bits per heavy atom. The first-order chi connectivity index (χ1) is 12.9. The maximum atomic E-state index is 13.0. The van der Waals surface area contributed by atoms with E-state index in [0.717, 1.165) is 12.3 Å². The van der Waals surface area contributed by atoms with Gasteiger partial charge in [-0.3, -0.25) is 4.79 Å². The lowest BCUT2D eigenvalue weighted by Gasteiger charge is -2.29. The summed E-state index contributed by atoms with van der Waals surface area (Å²) in [6.07, 6.45) is -2.27. The molecule has 0 aliphatic carbocycles. The lowest BCUT2D eigenvalue weighted by Crippen LogP contribution is -2.40. The highest BCUT2D eigenvalue weighted by molar-refractivity contribution is 5.95. The third kappa shape index (κ3) is 4.70. The minimum atomic E-state index is -4.46. The van der Waals surface area contributed by atoms with Gasteiger partial charge in [0, 0.05) is 19.8 Å². The molecule has 0 aromatic carbocycles. The first-order valence-corrected chi connectivity index (χ1v) is 8.94. The van der Waals surface area contributed by atoms with Crippen LogP contribution in [0.2, 0.25) is 0 Å². The summed E-state index contributed by atoms with van der Waals surface area (Å²) in [5, 5.41) is 4.22. The van der Waals surface area contributed by atoms with Gasteiger partial charge in [-0.2, -0.15) is 18.3 Å². The van der Waals surface area contributed by atoms with Gasteiger partial charge in [-0.05, 0) is 30.0 Å². The first kappa shape index (κ1) is 21.9. The van der Waals surface area contributed by atoms with Crippen LogP contribution in [-0.4, -0.2) is 45.7 Å². The maximum Gasteiger partial charge on any atom is 0.417 e. The molecule has 2 aromatic rings. The van der Waals surface area contributed by atoms with Gasteiger partial charge in [0.05, 0.1) is 23.0 Å². The number of halogens is 3. The van der Waals surface area contributed by atoms with Crippen LogP contribution in [0, 0.1) is 5.41 Å². The van der Waals surface area contributed by atoms with E-state index >= 15 is 0 Å². The van der Waals surface area contributed by atoms with Gasteiger partial charge in [0.15, 0.2) is 5.82 Å². The van der Waals surface area contributed by atoms with Gasteiger partial charge in [0.2, 0.25) is 0 Å². The van der Waals surface area contributed by atoms with E-state index in [-0.39, 0.29) is 23.1 Å². The molecule has 0 fully saturated rings. The topological polar surface area (TPSA) is 77.0 Å². The van der Waals surface area contributed by atoms with Crippen molar-refractivity contribution in [2.24, 2.45) is 11.1 Å². The second-order valence-corrected chi connectivity index (χ2v) is 7.94. The van der Waals surface area contributed by atoms with Gasteiger partial charge < -0.3 is 10.6 Å². The molecule has 9 heteroatoms. The fourth-order valence-corrected chi connectivity index (χ4v) is 2.92. The molecule has 0 bridgehead atoms. The molecule has 0 spiro atoms. The predicted molar refractivity (Wildman–Crippen MR) is 100 cm³/mol. The minimum absolute atomic E-state index is 0.0959. The molecule has 2 rings (SSSR count). The third-order valence-electron chi connectivity index (χ3n) is 4.44. The summed E-state index contributed by atoms with van der Waals surface area (Å²) >= 11 is 0. The molecule has 2 heterocycles. The van der Waals surface area contributed by atoms with E-state index in [1.807, 2.05) is 27.7 Å². The molecule has 0 unspecified atom stereocenters. The average Bonchev–Trinajstić information content (AvgIpc) is 3.05. The Kier molecular flexibility index (Phi) is 6.18. The van der Waals surface area contributed by atoms with Crippen LogP contribution in [0.3, 0.4) is 0 Å². The summed E-state index contributed by atoms with van der Waals surface area (Å²) in [6.45, 7) is 8.60. The van der Waals surface area contributed by atoms with E-state index in [4.69, 9.17) is 5.73 Å². The summed E-state index contributed by atoms with van der Waals surface area (Å²) in [6, 6.07) is 2.20. The molecule has 0 saturated carbocycles. The Hall–Kier alpha value is -2.42. The van der Waals surface area contributed by atoms with E-state index < -0.39 is 11.7 Å². The number of carbonyl (C=O) groups excluding carboxylic acids is 1. The Labute approximate surface area is 162 Å². The van der Waals surface area contributed by atoms with Crippen molar-refractivity contribution in [2.75, 3.05) is 20.1 Å². The second-order valence-electron chi connectivity index (χ2n) is 7.94. The molecule has 154 valence electrons. The van der Waals surface area contributed by atoms with Crippen molar-refractivity contribution in [1.29, 1.82) is 0 Å². The van der Waals surface area contributed by atoms with Crippen LogP contribution in [0.4, 0.5) is 13.2 Å². The summed E-state index contributed by atoms with van der Waals surface area (Å²) in [5.41, 5.74) is 5.66. The van der Waals surface area contributed by atoms with Crippen LogP contribution in [0.25, 0.3) is 5.82 Å². The van der Waals surface area contributed by atoms with Crippen LogP contribution < -0.4 is 5.73 Å². The largest absolute Gasteiger partial charge is 0.417 e. The number of rotatable bonds is 6. The molecule has 28 heavy (non-hydrogen) atoms. The van der Waals surface area contributed by atoms with Crippen molar-refractivity contribution in [3.05, 3.63) is 41.3 Å². The first-order valence-electron chi connectivity index (χ1n) is 8.94. The molecule has 0 aliphatic heterocycles. The number of aromatic nitrogens is 3. The quantitative estimate of drug-likeness (QED) is 0.810. The van der Waals surface area contributed by atoms with Gasteiger partial charge in [0.1, 0.15) is 0 Å². The van der Waals surface area contributed by atoms with Crippen molar-refractivity contribution in [1.82, 2.24) is 19.7 Å². The Morgan fingerprint density at radius 1 is 1.25 bits per heavy atom. The fraction of sp³-hybridized carbons (Fsp3) is 0.526. The smallest absolute Gasteiger partial charge is 0.341 e. The van der Waals surface area contributed by atoms with Crippen molar-refractivity contribution in [2.45, 2.75) is 39.8 Å². The number of amides is 1. The van der Waals surface area contributed by atoms with Crippen LogP contribution in [0.1, 0.15) is 55.2 Å². The minimum Gasteiger partial charge on any atom is -0.341 e. The fourth-order valence-electron chi connectivity index (χ4n) is 2.92. The molecule has 0 aliphatic rings. The van der Waals surface area contributed by atoms with Crippen molar-refractivity contribution < 1.29 is 18.0 Å². The van der Waals surface area contributed by atoms with E-state index in [9.17, 15) is 18.0 Å². The number of hydrogen-bond donors (Lipinski definition) is 1. The molecular formula is C19H26F3N5O. The van der Waals surface area contributed by atoms with Crippen LogP contribution >= 0.6 is 0 Å². The lowest BCUT2D eigenvalue weighted by molar-refractivity contribution is -0.137. The highest BCUT2D eigenvalue weighted by Crippen LogP contribution is 2.30. The number of carbonyl (C=O) groups is 1. The predicted octanol–water partition coefficient (Wildman–Crippen LogP) is 3.47. The molecule has 2 N–H and O–H groups in total. The Bertz CT molecular complexity index is 825. The summed E-state index contributed by atoms with van der Waals surface area (Å²) < 4.78 is 39.7. The third-order valence-corrected chi connectivity index (χ3v) is 4.44. The summed E-state index contributed by atoms with van der Waals surface area (Å²) in [5.74, 6) is -0.0921. The van der Waals surface area contributed by atoms with Crippen LogP contribution in [-0.2, 0) is 6.18 Å². The van der Waals surface area contributed by atoms with E-state index in [0.29, 0.717) is 24.3 Å². The van der Waals surface area contributed by atoms with E-state index in [1.165, 1.54) is 16.9 Å². The van der Waals surface area contributed by atoms with E-state index in [2.05, 4.69) is 10.1 Å². The Balaban J connectivity index is 2.40. The standard InChI is InChI=1S/C19H26F3N5O/c1-12(2)16-14(17(28)26(5)11-18(3,4)10-23)9-25-27(16)15-7-6-13(8-24-15)19(20,21)22/h6-9,12H,10-11,23H2,1-5H3. The van der Waals surface area contributed by atoms with Crippen LogP contribution in [0.15, 0.2) is 24.5 Å². The Morgan fingerprint density at radius 3 is 2.36 bits per heavy atom. The molecule has 0 atom stereocenters. The zero-order valence-corrected chi connectivity index (χ0v) is 16.7. The molecule has 0 saturated heterocycles. The van der Waals surface area contributed by atoms with Crippen molar-refractivity contribution in [3.63, 3.8) is 0 Å². The van der Waals surface area contributed by atoms with Crippen LogP contribution in [0.5, 0.6) is 0 Å². The average molecular weight is 397 g/mol. The van der Waals surface area contributed by atoms with Gasteiger partial charge in [-0.1, -0.05) is 27.7 Å². The number of pyridine rings is 1. The van der Waals surface area contributed by atoms with Gasteiger partial charge in [0.25, 0.3) is 5.91 Å². The van der Waals surface area contributed by atoms with Gasteiger partial charge in [-0.15, -0.1) is 0 Å². The number of hydrogen-bond acceptors (Lipinski definition) is 4. The summed E-state index contributed by atoms with van der Waals surface area (Å²) in [7, 11) is 1.69. The molecular weight excluding hydrogens is 371 g/mol. The van der Waals surface area contributed by atoms with Gasteiger partial charge in [-0.25, -0.2) is 9.67 Å². The maximum absolute atomic E-state index is 13.0. The number of alkyl halides is 3. The highest BCUT2D eigenvalue weighted by atomic mass is 19.4. The normalized spacial score (nSPS) is 12.5. The lowest BCUT2D eigenvalue weighted by atomic mass is 9.93. The van der Waals surface area contributed by atoms with E-state index in [1.54, 1.807) is 11.9 Å². The molecule has 1 amide bonds. The number of nitrogens with zero attached hydrogens (tertiary/aromatic N) is 4.